The molecule has 9 heteroatoms. The largest absolute Gasteiger partial charge is 0.497 e. The highest BCUT2D eigenvalue weighted by molar-refractivity contribution is 5.71. The fourth-order valence-electron chi connectivity index (χ4n) is 4.19. The van der Waals surface area contributed by atoms with Crippen molar-refractivity contribution in [3.8, 4) is 22.8 Å². The summed E-state index contributed by atoms with van der Waals surface area (Å²) in [5.74, 6) is 2.51. The van der Waals surface area contributed by atoms with Crippen LogP contribution in [0.3, 0.4) is 0 Å². The van der Waals surface area contributed by atoms with Crippen molar-refractivity contribution in [1.29, 1.82) is 0 Å². The summed E-state index contributed by atoms with van der Waals surface area (Å²) in [4.78, 5) is 7.24. The van der Waals surface area contributed by atoms with E-state index in [0.717, 1.165) is 41.3 Å². The quantitative estimate of drug-likeness (QED) is 0.468. The molecule has 0 amide bonds. The Morgan fingerprint density at radius 3 is 2.74 bits per heavy atom. The lowest BCUT2D eigenvalue weighted by Gasteiger charge is -2.26. The molecule has 0 bridgehead atoms. The molecule has 2 atom stereocenters. The second kappa shape index (κ2) is 10.6. The molecule has 0 aliphatic carbocycles. The van der Waals surface area contributed by atoms with Gasteiger partial charge in [0.1, 0.15) is 30.0 Å². The van der Waals surface area contributed by atoms with Gasteiger partial charge >= 0.3 is 0 Å². The number of hydrogen-bond donors (Lipinski definition) is 2. The minimum absolute atomic E-state index is 0.176. The number of aromatic nitrogens is 3. The minimum Gasteiger partial charge on any atom is -0.497 e. The van der Waals surface area contributed by atoms with Gasteiger partial charge in [-0.25, -0.2) is 4.98 Å². The lowest BCUT2D eigenvalue weighted by atomic mass is 10.1. The van der Waals surface area contributed by atoms with Crippen LogP contribution >= 0.6 is 0 Å². The van der Waals surface area contributed by atoms with Crippen LogP contribution in [0.15, 0.2) is 30.5 Å². The molecule has 1 aromatic carbocycles. The summed E-state index contributed by atoms with van der Waals surface area (Å²) in [6.07, 6.45) is 2.27. The van der Waals surface area contributed by atoms with E-state index in [1.807, 2.05) is 28.9 Å². The van der Waals surface area contributed by atoms with Gasteiger partial charge in [0.05, 0.1) is 31.6 Å². The predicted molar refractivity (Wildman–Crippen MR) is 132 cm³/mol. The molecule has 4 rings (SSSR count). The average molecular weight is 470 g/mol. The molecule has 2 aromatic heterocycles. The first-order chi connectivity index (χ1) is 16.4. The topological polar surface area (TPSA) is 93.4 Å². The van der Waals surface area contributed by atoms with E-state index < -0.39 is 6.10 Å². The van der Waals surface area contributed by atoms with Crippen molar-refractivity contribution in [2.24, 2.45) is 0 Å². The zero-order valence-electron chi connectivity index (χ0n) is 20.6. The number of benzene rings is 1. The summed E-state index contributed by atoms with van der Waals surface area (Å²) < 4.78 is 19.0. The number of aliphatic hydroxyl groups is 1. The molecule has 0 spiro atoms. The molecule has 34 heavy (non-hydrogen) atoms. The van der Waals surface area contributed by atoms with E-state index in [4.69, 9.17) is 19.2 Å². The highest BCUT2D eigenvalue weighted by Gasteiger charge is 2.25. The first-order valence-electron chi connectivity index (χ1n) is 11.8. The maximum atomic E-state index is 10.0. The van der Waals surface area contributed by atoms with Crippen LogP contribution in [0.1, 0.15) is 31.7 Å². The number of likely N-dealkylation sites (N-methyl/N-ethyl adjacent to an activating group) is 2. The van der Waals surface area contributed by atoms with Crippen molar-refractivity contribution in [3.05, 3.63) is 36.0 Å². The number of rotatable bonds is 10. The van der Waals surface area contributed by atoms with Crippen molar-refractivity contribution >= 4 is 11.5 Å². The number of anilines is 1. The van der Waals surface area contributed by atoms with Crippen LogP contribution in [0.5, 0.6) is 11.5 Å². The number of nitrogens with one attached hydrogen (secondary N) is 1. The Kier molecular flexibility index (Phi) is 7.55. The Morgan fingerprint density at radius 1 is 1.26 bits per heavy atom. The Bertz CT molecular complexity index is 1110. The average Bonchev–Trinajstić information content (AvgIpc) is 3.52. The fourth-order valence-corrected chi connectivity index (χ4v) is 4.19. The Labute approximate surface area is 200 Å². The molecule has 9 nitrogen and oxygen atoms in total. The van der Waals surface area contributed by atoms with Gasteiger partial charge < -0.3 is 29.5 Å². The zero-order chi connectivity index (χ0) is 24.2. The van der Waals surface area contributed by atoms with Gasteiger partial charge in [-0.1, -0.05) is 13.8 Å². The molecule has 3 aromatic rings. The maximum absolute atomic E-state index is 10.0. The van der Waals surface area contributed by atoms with Gasteiger partial charge in [0.25, 0.3) is 0 Å². The number of ether oxygens (including phenoxy) is 3. The second-order valence-corrected chi connectivity index (χ2v) is 9.04. The van der Waals surface area contributed by atoms with E-state index in [1.54, 1.807) is 14.2 Å². The Hall–Kier alpha value is -2.88. The lowest BCUT2D eigenvalue weighted by Crippen LogP contribution is -2.33. The first-order valence-corrected chi connectivity index (χ1v) is 11.8. The molecule has 2 N–H and O–H groups in total. The molecule has 184 valence electrons. The maximum Gasteiger partial charge on any atom is 0.161 e. The summed E-state index contributed by atoms with van der Waals surface area (Å²) in [5, 5.41) is 17.7. The summed E-state index contributed by atoms with van der Waals surface area (Å²) in [5.41, 5.74) is 3.60. The number of nitrogens with zero attached hydrogens (tertiary/aromatic N) is 4. The zero-order valence-corrected chi connectivity index (χ0v) is 20.6. The monoisotopic (exact) mass is 469 g/mol. The molecule has 1 saturated heterocycles. The number of fused-ring (bicyclic) bond motifs is 1. The van der Waals surface area contributed by atoms with Crippen molar-refractivity contribution in [2.75, 3.05) is 52.5 Å². The smallest absolute Gasteiger partial charge is 0.161 e. The summed E-state index contributed by atoms with van der Waals surface area (Å²) in [7, 11) is 5.50. The van der Waals surface area contributed by atoms with E-state index in [-0.39, 0.29) is 18.6 Å². The number of methoxy groups -OCH3 is 1. The van der Waals surface area contributed by atoms with Crippen LogP contribution in [-0.2, 0) is 4.74 Å². The lowest BCUT2D eigenvalue weighted by molar-refractivity contribution is 0.108. The van der Waals surface area contributed by atoms with E-state index >= 15 is 0 Å². The van der Waals surface area contributed by atoms with Gasteiger partial charge in [-0.2, -0.15) is 9.61 Å². The van der Waals surface area contributed by atoms with Crippen LogP contribution in [0.2, 0.25) is 0 Å². The molecular formula is C25H35N5O4. The third-order valence-corrected chi connectivity index (χ3v) is 6.21. The third kappa shape index (κ3) is 5.11. The summed E-state index contributed by atoms with van der Waals surface area (Å²) >= 11 is 0. The number of aliphatic hydroxyl groups excluding tert-OH is 1. The fraction of sp³-hybridized carbons (Fsp3) is 0.520. The van der Waals surface area contributed by atoms with Crippen LogP contribution in [0.25, 0.3) is 16.9 Å². The molecule has 0 radical (unpaired) electrons. The second-order valence-electron chi connectivity index (χ2n) is 9.04. The van der Waals surface area contributed by atoms with Gasteiger partial charge in [-0.15, -0.1) is 0 Å². The van der Waals surface area contributed by atoms with Gasteiger partial charge in [-0.05, 0) is 31.5 Å². The molecular weight excluding hydrogens is 434 g/mol. The van der Waals surface area contributed by atoms with Crippen molar-refractivity contribution in [3.63, 3.8) is 0 Å². The van der Waals surface area contributed by atoms with Gasteiger partial charge in [0.15, 0.2) is 5.65 Å². The van der Waals surface area contributed by atoms with E-state index in [2.05, 4.69) is 42.3 Å². The van der Waals surface area contributed by atoms with Gasteiger partial charge in [0.2, 0.25) is 0 Å². The van der Waals surface area contributed by atoms with Crippen LogP contribution in [-0.4, -0.2) is 79.4 Å². The Balaban J connectivity index is 1.78. The molecule has 2 unspecified atom stereocenters. The molecule has 3 heterocycles. The SMILES string of the molecule is CNCC(O)COc1cc(OC)cc(-c2cc(N(C)C3CCOC3)n3ncc(C(C)C)c3n2)c1. The minimum atomic E-state index is -0.608. The van der Waals surface area contributed by atoms with E-state index in [1.165, 1.54) is 0 Å². The third-order valence-electron chi connectivity index (χ3n) is 6.21. The molecule has 0 saturated carbocycles. The number of hydrogen-bond acceptors (Lipinski definition) is 8. The highest BCUT2D eigenvalue weighted by atomic mass is 16.5. The summed E-state index contributed by atoms with van der Waals surface area (Å²) in [6.45, 7) is 6.38. The van der Waals surface area contributed by atoms with Crippen LogP contribution in [0.4, 0.5) is 5.82 Å². The molecule has 1 aliphatic heterocycles. The van der Waals surface area contributed by atoms with Crippen molar-refractivity contribution < 1.29 is 19.3 Å². The van der Waals surface area contributed by atoms with Crippen molar-refractivity contribution in [1.82, 2.24) is 19.9 Å². The predicted octanol–water partition coefficient (Wildman–Crippen LogP) is 2.71. The van der Waals surface area contributed by atoms with Crippen molar-refractivity contribution in [2.45, 2.75) is 38.3 Å². The normalized spacial score (nSPS) is 16.9. The van der Waals surface area contributed by atoms with Crippen LogP contribution < -0.4 is 19.7 Å². The van der Waals surface area contributed by atoms with Gasteiger partial charge in [0, 0.05) is 43.5 Å². The first kappa shape index (κ1) is 24.3. The Morgan fingerprint density at radius 2 is 2.06 bits per heavy atom. The van der Waals surface area contributed by atoms with Crippen LogP contribution in [0, 0.1) is 0 Å². The summed E-state index contributed by atoms with van der Waals surface area (Å²) in [6, 6.07) is 8.03. The molecule has 1 aliphatic rings. The standard InChI is InChI=1S/C25H35N5O4/c1-16(2)22-13-27-30-24(29(4)18-6-7-33-14-18)11-23(28-25(22)30)17-8-20(32-5)10-21(9-17)34-15-19(31)12-26-3/h8-11,13,16,18-19,26,31H,6-7,12,14-15H2,1-5H3. The van der Waals surface area contributed by atoms with E-state index in [0.29, 0.717) is 24.7 Å². The van der Waals surface area contributed by atoms with E-state index in [9.17, 15) is 5.11 Å². The molecule has 1 fully saturated rings. The highest BCUT2D eigenvalue weighted by Crippen LogP contribution is 2.33. The van der Waals surface area contributed by atoms with Gasteiger partial charge in [-0.3, -0.25) is 0 Å².